The molecule has 28 heavy (non-hydrogen) atoms. The van der Waals surface area contributed by atoms with Crippen LogP contribution in [0.3, 0.4) is 0 Å². The largest absolute Gasteiger partial charge is 0.332 e. The molecule has 7 nitrogen and oxygen atoms in total. The van der Waals surface area contributed by atoms with Crippen LogP contribution >= 0.6 is 46.1 Å². The molecule has 0 aliphatic heterocycles. The normalized spacial score (nSPS) is 10.8. The number of carbonyl (C=O) groups excluding carboxylic acids is 1. The quantitative estimate of drug-likeness (QED) is 0.315. The van der Waals surface area contributed by atoms with Gasteiger partial charge in [0.15, 0.2) is 10.9 Å². The number of amides is 1. The number of hydrogen-bond acceptors (Lipinski definition) is 6. The van der Waals surface area contributed by atoms with Crippen LogP contribution in [0.25, 0.3) is 15.5 Å². The van der Waals surface area contributed by atoms with Crippen LogP contribution < -0.4 is 10.6 Å². The van der Waals surface area contributed by atoms with Crippen molar-refractivity contribution in [3.8, 4) is 10.6 Å². The number of halogens is 1. The molecular weight excluding hydrogens is 507 g/mol. The molecule has 2 heterocycles. The first-order valence-corrected chi connectivity index (χ1v) is 10.5. The molecule has 2 N–H and O–H groups in total. The summed E-state index contributed by atoms with van der Waals surface area (Å²) < 4.78 is 2.68. The Bertz CT molecular complexity index is 1200. The average molecular weight is 520 g/mol. The van der Waals surface area contributed by atoms with Gasteiger partial charge in [0, 0.05) is 14.7 Å². The van der Waals surface area contributed by atoms with Crippen molar-refractivity contribution in [3.63, 3.8) is 0 Å². The third kappa shape index (κ3) is 3.88. The fraction of sp³-hybridized carbons (Fsp3) is 0.0556. The number of nitrogens with one attached hydrogen (secondary N) is 2. The second-order valence-electron chi connectivity index (χ2n) is 5.81. The average Bonchev–Trinajstić information content (AvgIpc) is 3.24. The van der Waals surface area contributed by atoms with E-state index in [1.54, 1.807) is 16.6 Å². The second kappa shape index (κ2) is 7.89. The highest BCUT2D eigenvalue weighted by Gasteiger charge is 2.15. The van der Waals surface area contributed by atoms with Crippen LogP contribution in [0.1, 0.15) is 16.2 Å². The number of benzene rings is 2. The maximum absolute atomic E-state index is 12.4. The van der Waals surface area contributed by atoms with Crippen molar-refractivity contribution in [2.75, 3.05) is 5.32 Å². The molecule has 0 bridgehead atoms. The van der Waals surface area contributed by atoms with Gasteiger partial charge in [-0.2, -0.15) is 9.61 Å². The van der Waals surface area contributed by atoms with Gasteiger partial charge >= 0.3 is 0 Å². The molecule has 0 unspecified atom stereocenters. The van der Waals surface area contributed by atoms with E-state index in [9.17, 15) is 4.79 Å². The van der Waals surface area contributed by atoms with Crippen molar-refractivity contribution in [2.24, 2.45) is 0 Å². The van der Waals surface area contributed by atoms with Gasteiger partial charge in [0.1, 0.15) is 5.01 Å². The molecule has 1 amide bonds. The number of para-hydroxylation sites is 1. The summed E-state index contributed by atoms with van der Waals surface area (Å²) in [7, 11) is 0. The fourth-order valence-corrected chi connectivity index (χ4v) is 4.23. The van der Waals surface area contributed by atoms with Crippen LogP contribution in [0.15, 0.2) is 48.5 Å². The molecule has 140 valence electrons. The lowest BCUT2D eigenvalue weighted by Gasteiger charge is -2.12. The Kier molecular flexibility index (Phi) is 5.33. The predicted molar refractivity (Wildman–Crippen MR) is 122 cm³/mol. The maximum Gasteiger partial charge on any atom is 0.257 e. The highest BCUT2D eigenvalue weighted by molar-refractivity contribution is 14.1. The molecule has 0 fully saturated rings. The van der Waals surface area contributed by atoms with Crippen molar-refractivity contribution < 1.29 is 4.79 Å². The molecular formula is C18H13IN6OS2. The van der Waals surface area contributed by atoms with Gasteiger partial charge in [-0.25, -0.2) is 0 Å². The molecule has 2 aromatic heterocycles. The topological polar surface area (TPSA) is 84.2 Å². The van der Waals surface area contributed by atoms with Crippen molar-refractivity contribution in [2.45, 2.75) is 6.92 Å². The number of aryl methyl sites for hydroxylation is 1. The van der Waals surface area contributed by atoms with E-state index >= 15 is 0 Å². The molecule has 0 radical (unpaired) electrons. The number of fused-ring (bicyclic) bond motifs is 1. The molecule has 4 rings (SSSR count). The Morgan fingerprint density at radius 2 is 2.00 bits per heavy atom. The SMILES string of the molecule is Cc1nnc2sc(-c3ccccc3NC(=S)NC(=O)c3cccc(I)c3)nn12. The number of thiocarbonyl (C=S) groups is 1. The number of rotatable bonds is 3. The zero-order valence-electron chi connectivity index (χ0n) is 14.5. The Labute approximate surface area is 183 Å². The van der Waals surface area contributed by atoms with Crippen LogP contribution in [0, 0.1) is 10.5 Å². The van der Waals surface area contributed by atoms with Gasteiger partial charge in [0.25, 0.3) is 5.91 Å². The first-order chi connectivity index (χ1) is 13.5. The molecule has 0 spiro atoms. The molecule has 0 aliphatic carbocycles. The van der Waals surface area contributed by atoms with Gasteiger partial charge in [-0.05, 0) is 72.1 Å². The molecule has 2 aromatic carbocycles. The summed E-state index contributed by atoms with van der Waals surface area (Å²) in [6.45, 7) is 1.85. The van der Waals surface area contributed by atoms with Crippen LogP contribution in [0.5, 0.6) is 0 Å². The van der Waals surface area contributed by atoms with Gasteiger partial charge < -0.3 is 5.32 Å². The van der Waals surface area contributed by atoms with Crippen LogP contribution in [0.2, 0.25) is 0 Å². The lowest BCUT2D eigenvalue weighted by Crippen LogP contribution is -2.34. The van der Waals surface area contributed by atoms with Gasteiger partial charge in [0.2, 0.25) is 4.96 Å². The van der Waals surface area contributed by atoms with E-state index in [0.717, 1.165) is 30.6 Å². The third-order valence-electron chi connectivity index (χ3n) is 3.87. The monoisotopic (exact) mass is 520 g/mol. The highest BCUT2D eigenvalue weighted by Crippen LogP contribution is 2.31. The number of aromatic nitrogens is 4. The summed E-state index contributed by atoms with van der Waals surface area (Å²) in [4.78, 5) is 13.1. The highest BCUT2D eigenvalue weighted by atomic mass is 127. The predicted octanol–water partition coefficient (Wildman–Crippen LogP) is 3.89. The van der Waals surface area contributed by atoms with Gasteiger partial charge in [-0.15, -0.1) is 10.2 Å². The van der Waals surface area contributed by atoms with Crippen molar-refractivity contribution in [1.29, 1.82) is 0 Å². The summed E-state index contributed by atoms with van der Waals surface area (Å²) in [6.07, 6.45) is 0. The minimum absolute atomic E-state index is 0.218. The van der Waals surface area contributed by atoms with E-state index in [4.69, 9.17) is 12.2 Å². The van der Waals surface area contributed by atoms with E-state index in [2.05, 4.69) is 48.5 Å². The van der Waals surface area contributed by atoms with Gasteiger partial charge in [-0.1, -0.05) is 29.5 Å². The Morgan fingerprint density at radius 1 is 1.18 bits per heavy atom. The van der Waals surface area contributed by atoms with Gasteiger partial charge in [-0.3, -0.25) is 10.1 Å². The van der Waals surface area contributed by atoms with E-state index < -0.39 is 0 Å². The van der Waals surface area contributed by atoms with E-state index in [-0.39, 0.29) is 11.0 Å². The lowest BCUT2D eigenvalue weighted by atomic mass is 10.2. The number of carbonyl (C=O) groups is 1. The zero-order valence-corrected chi connectivity index (χ0v) is 18.3. The van der Waals surface area contributed by atoms with Crippen molar-refractivity contribution in [3.05, 3.63) is 63.5 Å². The van der Waals surface area contributed by atoms with Crippen LogP contribution in [-0.2, 0) is 0 Å². The molecule has 4 aromatic rings. The number of anilines is 1. The minimum atomic E-state index is -0.261. The lowest BCUT2D eigenvalue weighted by molar-refractivity contribution is 0.0977. The first-order valence-electron chi connectivity index (χ1n) is 8.17. The molecule has 0 saturated heterocycles. The summed E-state index contributed by atoms with van der Waals surface area (Å²) >= 11 is 8.93. The van der Waals surface area contributed by atoms with Gasteiger partial charge in [0.05, 0.1) is 5.69 Å². The smallest absolute Gasteiger partial charge is 0.257 e. The van der Waals surface area contributed by atoms with Crippen molar-refractivity contribution in [1.82, 2.24) is 25.1 Å². The number of nitrogens with zero attached hydrogens (tertiary/aromatic N) is 4. The van der Waals surface area contributed by atoms with Crippen LogP contribution in [0.4, 0.5) is 5.69 Å². The first kappa shape index (κ1) is 18.9. The van der Waals surface area contributed by atoms with E-state index in [0.29, 0.717) is 5.56 Å². The zero-order chi connectivity index (χ0) is 19.7. The standard InChI is InChI=1S/C18H13IN6OS2/c1-10-22-23-18-25(10)24-16(28-18)13-7-2-3-8-14(13)20-17(27)21-15(26)11-5-4-6-12(19)9-11/h2-9H,1H3,(H2,20,21,26,27). The molecule has 0 aliphatic rings. The third-order valence-corrected chi connectivity index (χ3v) is 5.67. The number of hydrogen-bond donors (Lipinski definition) is 2. The minimum Gasteiger partial charge on any atom is -0.332 e. The molecule has 10 heteroatoms. The summed E-state index contributed by atoms with van der Waals surface area (Å²) in [6, 6.07) is 14.9. The summed E-state index contributed by atoms with van der Waals surface area (Å²) in [5.74, 6) is 0.464. The maximum atomic E-state index is 12.4. The molecule has 0 atom stereocenters. The van der Waals surface area contributed by atoms with Crippen LogP contribution in [-0.4, -0.2) is 30.8 Å². The van der Waals surface area contributed by atoms with E-state index in [1.807, 2.05) is 43.3 Å². The second-order valence-corrected chi connectivity index (χ2v) is 8.42. The van der Waals surface area contributed by atoms with Crippen molar-refractivity contribution >= 4 is 67.8 Å². The Hall–Kier alpha value is -2.44. The fourth-order valence-electron chi connectivity index (χ4n) is 2.56. The molecule has 0 saturated carbocycles. The van der Waals surface area contributed by atoms with E-state index in [1.165, 1.54) is 11.3 Å². The Balaban J connectivity index is 1.55. The summed E-state index contributed by atoms with van der Waals surface area (Å²) in [5.41, 5.74) is 2.16. The summed E-state index contributed by atoms with van der Waals surface area (Å²) in [5, 5.41) is 19.5. The Morgan fingerprint density at radius 3 is 2.79 bits per heavy atom.